The molecular weight excluding hydrogens is 380 g/mol. The summed E-state index contributed by atoms with van der Waals surface area (Å²) in [6, 6.07) is 15.4. The summed E-state index contributed by atoms with van der Waals surface area (Å²) in [4.78, 5) is 29.7. The third kappa shape index (κ3) is 3.67. The summed E-state index contributed by atoms with van der Waals surface area (Å²) >= 11 is 0. The number of carbonyl (C=O) groups excluding carboxylic acids is 2. The lowest BCUT2D eigenvalue weighted by Gasteiger charge is -2.23. The second-order valence-electron chi connectivity index (χ2n) is 8.07. The van der Waals surface area contributed by atoms with Crippen LogP contribution in [0.3, 0.4) is 0 Å². The van der Waals surface area contributed by atoms with Crippen molar-refractivity contribution < 1.29 is 19.1 Å². The SMILES string of the molecule is COCCN1CCC2(CCN(C(=O)c3ccc(-c4ccccc4OC)cc3)C2)C1=O. The van der Waals surface area contributed by atoms with Gasteiger partial charge in [-0.3, -0.25) is 9.59 Å². The number of carbonyl (C=O) groups is 2. The molecule has 2 amide bonds. The van der Waals surface area contributed by atoms with E-state index in [1.807, 2.05) is 58.3 Å². The molecule has 2 aliphatic heterocycles. The monoisotopic (exact) mass is 408 g/mol. The van der Waals surface area contributed by atoms with E-state index in [9.17, 15) is 9.59 Å². The molecule has 1 atom stereocenters. The molecule has 0 radical (unpaired) electrons. The van der Waals surface area contributed by atoms with Crippen molar-refractivity contribution in [2.24, 2.45) is 5.41 Å². The fourth-order valence-electron chi connectivity index (χ4n) is 4.59. The molecule has 0 saturated carbocycles. The minimum atomic E-state index is -0.416. The van der Waals surface area contributed by atoms with Crippen molar-refractivity contribution in [1.82, 2.24) is 9.80 Å². The van der Waals surface area contributed by atoms with Gasteiger partial charge in [0.15, 0.2) is 0 Å². The van der Waals surface area contributed by atoms with Crippen LogP contribution in [-0.2, 0) is 9.53 Å². The van der Waals surface area contributed by atoms with Crippen molar-refractivity contribution in [3.63, 3.8) is 0 Å². The Kier molecular flexibility index (Phi) is 5.77. The number of ether oxygens (including phenoxy) is 2. The zero-order valence-corrected chi connectivity index (χ0v) is 17.6. The number of para-hydroxylation sites is 1. The first kappa shape index (κ1) is 20.4. The summed E-state index contributed by atoms with van der Waals surface area (Å²) in [7, 11) is 3.30. The van der Waals surface area contributed by atoms with Crippen molar-refractivity contribution in [2.45, 2.75) is 12.8 Å². The van der Waals surface area contributed by atoms with E-state index in [4.69, 9.17) is 9.47 Å². The Morgan fingerprint density at radius 1 is 1.03 bits per heavy atom. The van der Waals surface area contributed by atoms with Crippen LogP contribution >= 0.6 is 0 Å². The van der Waals surface area contributed by atoms with E-state index < -0.39 is 5.41 Å². The second kappa shape index (κ2) is 8.48. The Hall–Kier alpha value is -2.86. The average molecular weight is 408 g/mol. The first-order chi connectivity index (χ1) is 14.6. The predicted molar refractivity (Wildman–Crippen MR) is 114 cm³/mol. The van der Waals surface area contributed by atoms with Crippen LogP contribution in [-0.4, -0.2) is 68.6 Å². The molecule has 1 spiro atoms. The zero-order chi connectivity index (χ0) is 21.1. The van der Waals surface area contributed by atoms with E-state index in [0.717, 1.165) is 36.3 Å². The van der Waals surface area contributed by atoms with Gasteiger partial charge in [-0.05, 0) is 36.6 Å². The van der Waals surface area contributed by atoms with E-state index in [1.54, 1.807) is 14.2 Å². The number of nitrogens with zero attached hydrogens (tertiary/aromatic N) is 2. The standard InChI is InChI=1S/C24H28N2O4/c1-29-16-15-25-13-11-24(23(25)28)12-14-26(17-24)22(27)19-9-7-18(8-10-19)20-5-3-4-6-21(20)30-2/h3-10H,11-17H2,1-2H3. The molecule has 2 heterocycles. The minimum absolute atomic E-state index is 0.0124. The van der Waals surface area contributed by atoms with E-state index >= 15 is 0 Å². The van der Waals surface area contributed by atoms with Crippen molar-refractivity contribution in [3.8, 4) is 16.9 Å². The summed E-state index contributed by atoms with van der Waals surface area (Å²) < 4.78 is 10.5. The van der Waals surface area contributed by atoms with Gasteiger partial charge in [-0.25, -0.2) is 0 Å². The van der Waals surface area contributed by atoms with Gasteiger partial charge in [0.2, 0.25) is 5.91 Å². The Morgan fingerprint density at radius 3 is 2.50 bits per heavy atom. The highest BCUT2D eigenvalue weighted by Gasteiger charge is 2.51. The van der Waals surface area contributed by atoms with Crippen LogP contribution in [0.4, 0.5) is 0 Å². The molecule has 2 aromatic carbocycles. The Bertz CT molecular complexity index is 927. The van der Waals surface area contributed by atoms with E-state index in [1.165, 1.54) is 0 Å². The fraction of sp³-hybridized carbons (Fsp3) is 0.417. The van der Waals surface area contributed by atoms with E-state index in [0.29, 0.717) is 31.8 Å². The Morgan fingerprint density at radius 2 is 1.77 bits per heavy atom. The summed E-state index contributed by atoms with van der Waals surface area (Å²) in [6.45, 7) is 3.04. The molecule has 0 aromatic heterocycles. The van der Waals surface area contributed by atoms with Gasteiger partial charge in [-0.1, -0.05) is 30.3 Å². The van der Waals surface area contributed by atoms with Crippen LogP contribution in [0.1, 0.15) is 23.2 Å². The Balaban J connectivity index is 1.45. The van der Waals surface area contributed by atoms with Crippen LogP contribution in [0, 0.1) is 5.41 Å². The lowest BCUT2D eigenvalue weighted by Crippen LogP contribution is -2.39. The Labute approximate surface area is 177 Å². The number of hydrogen-bond donors (Lipinski definition) is 0. The number of likely N-dealkylation sites (tertiary alicyclic amines) is 2. The van der Waals surface area contributed by atoms with Gasteiger partial charge >= 0.3 is 0 Å². The van der Waals surface area contributed by atoms with Crippen molar-refractivity contribution in [2.75, 3.05) is 47.0 Å². The van der Waals surface area contributed by atoms with Gasteiger partial charge in [0.1, 0.15) is 5.75 Å². The molecule has 2 aliphatic rings. The number of benzene rings is 2. The first-order valence-corrected chi connectivity index (χ1v) is 10.4. The zero-order valence-electron chi connectivity index (χ0n) is 17.6. The highest BCUT2D eigenvalue weighted by molar-refractivity contribution is 5.96. The van der Waals surface area contributed by atoms with Crippen molar-refractivity contribution in [1.29, 1.82) is 0 Å². The molecule has 30 heavy (non-hydrogen) atoms. The molecular formula is C24H28N2O4. The molecule has 6 heteroatoms. The van der Waals surface area contributed by atoms with Crippen LogP contribution in [0.25, 0.3) is 11.1 Å². The molecule has 1 unspecified atom stereocenters. The van der Waals surface area contributed by atoms with Gasteiger partial charge in [0.25, 0.3) is 5.91 Å². The normalized spacial score (nSPS) is 20.9. The third-order valence-corrected chi connectivity index (χ3v) is 6.36. The summed E-state index contributed by atoms with van der Waals surface area (Å²) in [5.74, 6) is 0.957. The topological polar surface area (TPSA) is 59.1 Å². The molecule has 2 saturated heterocycles. The quantitative estimate of drug-likeness (QED) is 0.737. The average Bonchev–Trinajstić information content (AvgIpc) is 3.36. The highest BCUT2D eigenvalue weighted by Crippen LogP contribution is 2.41. The van der Waals surface area contributed by atoms with Gasteiger partial charge in [-0.2, -0.15) is 0 Å². The number of amides is 2. The molecule has 158 valence electrons. The van der Waals surface area contributed by atoms with Crippen molar-refractivity contribution >= 4 is 11.8 Å². The summed E-state index contributed by atoms with van der Waals surface area (Å²) in [5, 5.41) is 0. The lowest BCUT2D eigenvalue weighted by molar-refractivity contribution is -0.135. The highest BCUT2D eigenvalue weighted by atomic mass is 16.5. The maximum atomic E-state index is 13.1. The number of methoxy groups -OCH3 is 2. The fourth-order valence-corrected chi connectivity index (χ4v) is 4.59. The van der Waals surface area contributed by atoms with Gasteiger partial charge in [0, 0.05) is 44.4 Å². The molecule has 2 fully saturated rings. The minimum Gasteiger partial charge on any atom is -0.496 e. The van der Waals surface area contributed by atoms with E-state index in [-0.39, 0.29) is 11.8 Å². The second-order valence-corrected chi connectivity index (χ2v) is 8.07. The number of rotatable bonds is 6. The first-order valence-electron chi connectivity index (χ1n) is 10.4. The van der Waals surface area contributed by atoms with Crippen LogP contribution in [0.15, 0.2) is 48.5 Å². The molecule has 0 bridgehead atoms. The smallest absolute Gasteiger partial charge is 0.253 e. The maximum Gasteiger partial charge on any atom is 0.253 e. The van der Waals surface area contributed by atoms with Crippen LogP contribution in [0.2, 0.25) is 0 Å². The molecule has 4 rings (SSSR count). The van der Waals surface area contributed by atoms with Gasteiger partial charge in [-0.15, -0.1) is 0 Å². The summed E-state index contributed by atoms with van der Waals surface area (Å²) in [6.07, 6.45) is 1.55. The van der Waals surface area contributed by atoms with Crippen LogP contribution < -0.4 is 4.74 Å². The van der Waals surface area contributed by atoms with Crippen LogP contribution in [0.5, 0.6) is 5.75 Å². The van der Waals surface area contributed by atoms with Gasteiger partial charge in [0.05, 0.1) is 19.1 Å². The van der Waals surface area contributed by atoms with Crippen molar-refractivity contribution in [3.05, 3.63) is 54.1 Å². The van der Waals surface area contributed by atoms with Gasteiger partial charge < -0.3 is 19.3 Å². The maximum absolute atomic E-state index is 13.1. The molecule has 6 nitrogen and oxygen atoms in total. The molecule has 0 aliphatic carbocycles. The summed E-state index contributed by atoms with van der Waals surface area (Å²) in [5.41, 5.74) is 2.22. The lowest BCUT2D eigenvalue weighted by atomic mass is 9.85. The number of hydrogen-bond acceptors (Lipinski definition) is 4. The molecule has 0 N–H and O–H groups in total. The third-order valence-electron chi connectivity index (χ3n) is 6.36. The predicted octanol–water partition coefficient (Wildman–Crippen LogP) is 3.07. The largest absolute Gasteiger partial charge is 0.496 e. The molecule has 2 aromatic rings. The van der Waals surface area contributed by atoms with E-state index in [2.05, 4.69) is 0 Å².